The Kier molecular flexibility index (Phi) is 25.6. The number of nitrogens with one attached hydrogen (secondary N) is 10. The summed E-state index contributed by atoms with van der Waals surface area (Å²) in [7, 11) is 0. The fraction of sp³-hybridized carbons (Fsp3) is 0.393. The molecule has 0 radical (unpaired) electrons. The van der Waals surface area contributed by atoms with E-state index < -0.39 is 121 Å². The number of aliphatic imine (C=N–C) groups is 1. The quantitative estimate of drug-likeness (QED) is 0.0118. The van der Waals surface area contributed by atoms with Gasteiger partial charge in [-0.3, -0.25) is 52.9 Å². The van der Waals surface area contributed by atoms with Gasteiger partial charge >= 0.3 is 5.97 Å². The number of nitrogens with zero attached hydrogens (tertiary/aromatic N) is 2. The third-order valence-electron chi connectivity index (χ3n) is 13.2. The Balaban J connectivity index is 1.43. The Morgan fingerprint density at radius 1 is 0.583 bits per heavy atom. The van der Waals surface area contributed by atoms with E-state index in [4.69, 9.17) is 22.9 Å². The first-order valence-corrected chi connectivity index (χ1v) is 27.2. The molecule has 28 heteroatoms. The summed E-state index contributed by atoms with van der Waals surface area (Å²) in [6.07, 6.45) is 3.91. The Bertz CT molecular complexity index is 3060. The molecule has 9 amide bonds. The molecular formula is C56H74N16O12. The largest absolute Gasteiger partial charge is 0.508 e. The summed E-state index contributed by atoms with van der Waals surface area (Å²) >= 11 is 0. The molecule has 0 saturated carbocycles. The van der Waals surface area contributed by atoms with Crippen LogP contribution in [0.15, 0.2) is 103 Å². The highest BCUT2D eigenvalue weighted by molar-refractivity contribution is 5.98. The predicted octanol–water partition coefficient (Wildman–Crippen LogP) is -2.07. The van der Waals surface area contributed by atoms with Crippen molar-refractivity contribution < 1.29 is 58.2 Å². The molecule has 0 aliphatic rings. The molecule has 5 rings (SSSR count). The number of phenols is 1. The zero-order valence-corrected chi connectivity index (χ0v) is 46.4. The van der Waals surface area contributed by atoms with Crippen LogP contribution in [0.5, 0.6) is 5.75 Å². The van der Waals surface area contributed by atoms with E-state index in [1.54, 1.807) is 48.7 Å². The van der Waals surface area contributed by atoms with Gasteiger partial charge in [-0.2, -0.15) is 0 Å². The number of aromatic nitrogens is 3. The van der Waals surface area contributed by atoms with Crippen molar-refractivity contribution in [2.24, 2.45) is 27.9 Å². The summed E-state index contributed by atoms with van der Waals surface area (Å²) in [4.78, 5) is 150. The van der Waals surface area contributed by atoms with Crippen molar-refractivity contribution >= 4 is 76.0 Å². The number of nitrogens with two attached hydrogens (primary N) is 4. The Labute approximate surface area is 483 Å². The summed E-state index contributed by atoms with van der Waals surface area (Å²) in [5, 5.41) is 41.0. The number of imidazole rings is 1. The molecule has 20 N–H and O–H groups in total. The second-order valence-electron chi connectivity index (χ2n) is 19.9. The van der Waals surface area contributed by atoms with Gasteiger partial charge in [-0.15, -0.1) is 0 Å². The third kappa shape index (κ3) is 21.9. The van der Waals surface area contributed by atoms with Crippen LogP contribution in [-0.4, -0.2) is 152 Å². The average molecular weight is 1160 g/mol. The molecule has 3 aromatic carbocycles. The first-order chi connectivity index (χ1) is 40.2. The number of primary amides is 1. The molecular weight excluding hydrogens is 1090 g/mol. The van der Waals surface area contributed by atoms with E-state index in [1.165, 1.54) is 43.7 Å². The van der Waals surface area contributed by atoms with Crippen LogP contribution in [0.3, 0.4) is 0 Å². The number of rotatable bonds is 35. The number of aromatic amines is 2. The third-order valence-corrected chi connectivity index (χ3v) is 13.2. The number of aliphatic carboxylic acids is 1. The second-order valence-corrected chi connectivity index (χ2v) is 19.9. The van der Waals surface area contributed by atoms with E-state index in [0.717, 1.165) is 10.9 Å². The lowest BCUT2D eigenvalue weighted by atomic mass is 10.0. The van der Waals surface area contributed by atoms with E-state index in [0.29, 0.717) is 41.8 Å². The van der Waals surface area contributed by atoms with Crippen LogP contribution >= 0.6 is 0 Å². The number of amides is 9. The smallest absolute Gasteiger partial charge is 0.303 e. The number of carboxylic acid groups (broad SMARTS) is 1. The number of guanidine groups is 1. The summed E-state index contributed by atoms with van der Waals surface area (Å²) in [5.41, 5.74) is 25.0. The van der Waals surface area contributed by atoms with Crippen molar-refractivity contribution in [3.63, 3.8) is 0 Å². The number of unbranched alkanes of at least 4 members (excludes halogenated alkanes) is 1. The standard InChI is InChI=1S/C56H74N16O12/c1-32(73)66-43(25-34-16-18-37(74)19-17-34)53(82)69-42(20-21-48(76)77)52(81)72-46(27-36-29-61-31-65-36)55(84)70-44(24-33-10-3-2-4-11-33)54(83)68-41(15-9-23-62-56(59)60)51(80)71-45(26-35-28-63-39-13-6-5-12-38(35)39)50(79)64-30-47(75)67-40(49(58)78)14-7-8-22-57/h2-6,10-13,16-19,28-29,31,40-46,63,74H,7-9,14-15,20-27,30,57H2,1H3,(H2,58,78)(H,61,65)(H,64,79)(H,66,73)(H,67,75)(H,68,83)(H,69,82)(H,70,84)(H,71,80)(H,72,81)(H,76,77)(H4,59,60,62)/t40-,41-,42-,43-,44+,45-,46-/m0/s1. The van der Waals surface area contributed by atoms with E-state index >= 15 is 0 Å². The number of phenolic OH excluding ortho intramolecular Hbond substituents is 1. The SMILES string of the molecule is CC(=O)N[C@@H](Cc1ccc(O)cc1)C(=O)N[C@@H](CCC(=O)O)C(=O)N[C@@H](Cc1cnc[nH]1)C(=O)N[C@H](Cc1ccccc1)C(=O)N[C@@H](CCCN=C(N)N)C(=O)N[C@@H](Cc1c[nH]c2ccccc12)C(=O)NCC(=O)N[C@@H](CCCCN)C(N)=O. The molecule has 84 heavy (non-hydrogen) atoms. The van der Waals surface area contributed by atoms with Gasteiger partial charge in [0, 0.05) is 74.6 Å². The number of fused-ring (bicyclic) bond motifs is 1. The van der Waals surface area contributed by atoms with Crippen molar-refractivity contribution in [3.05, 3.63) is 120 Å². The summed E-state index contributed by atoms with van der Waals surface area (Å²) in [5.74, 6) is -9.08. The molecule has 0 aliphatic carbocycles. The lowest BCUT2D eigenvalue weighted by Crippen LogP contribution is -2.60. The maximum atomic E-state index is 14.8. The molecule has 0 aliphatic heterocycles. The monoisotopic (exact) mass is 1160 g/mol. The first kappa shape index (κ1) is 65.0. The van der Waals surface area contributed by atoms with Gasteiger partial charge < -0.3 is 85.6 Å². The number of benzene rings is 3. The van der Waals surface area contributed by atoms with Gasteiger partial charge in [-0.1, -0.05) is 60.7 Å². The van der Waals surface area contributed by atoms with Gasteiger partial charge in [-0.05, 0) is 80.0 Å². The van der Waals surface area contributed by atoms with Crippen LogP contribution in [0.2, 0.25) is 0 Å². The van der Waals surface area contributed by atoms with Gasteiger partial charge in [0.25, 0.3) is 0 Å². The summed E-state index contributed by atoms with van der Waals surface area (Å²) < 4.78 is 0. The minimum Gasteiger partial charge on any atom is -0.508 e. The topological polar surface area (TPSA) is 468 Å². The number of carbonyl (C=O) groups excluding carboxylic acids is 9. The Hall–Kier alpha value is -9.86. The zero-order chi connectivity index (χ0) is 61.1. The minimum absolute atomic E-state index is 0.00819. The van der Waals surface area contributed by atoms with Crippen molar-refractivity contribution in [2.75, 3.05) is 19.6 Å². The van der Waals surface area contributed by atoms with Crippen LogP contribution in [-0.2, 0) is 73.6 Å². The zero-order valence-electron chi connectivity index (χ0n) is 46.4. The molecule has 450 valence electrons. The van der Waals surface area contributed by atoms with Crippen LogP contribution in [0.1, 0.15) is 74.3 Å². The Morgan fingerprint density at radius 2 is 1.13 bits per heavy atom. The maximum Gasteiger partial charge on any atom is 0.303 e. The first-order valence-electron chi connectivity index (χ1n) is 27.2. The van der Waals surface area contributed by atoms with Crippen molar-refractivity contribution in [1.82, 2.24) is 57.5 Å². The Morgan fingerprint density at radius 3 is 1.71 bits per heavy atom. The van der Waals surface area contributed by atoms with Crippen LogP contribution in [0.4, 0.5) is 0 Å². The molecule has 0 fully saturated rings. The average Bonchev–Trinajstić information content (AvgIpc) is 3.86. The lowest BCUT2D eigenvalue weighted by molar-refractivity contribution is -0.138. The molecule has 0 unspecified atom stereocenters. The summed E-state index contributed by atoms with van der Waals surface area (Å²) in [6.45, 7) is 0.935. The summed E-state index contributed by atoms with van der Waals surface area (Å²) in [6, 6.07) is 11.8. The molecule has 0 spiro atoms. The number of hydrogen-bond donors (Lipinski definition) is 16. The van der Waals surface area contributed by atoms with Gasteiger partial charge in [0.05, 0.1) is 12.9 Å². The van der Waals surface area contributed by atoms with Gasteiger partial charge in [0.2, 0.25) is 53.2 Å². The highest BCUT2D eigenvalue weighted by atomic mass is 16.4. The van der Waals surface area contributed by atoms with E-state index in [9.17, 15) is 58.2 Å². The van der Waals surface area contributed by atoms with Crippen molar-refractivity contribution in [3.8, 4) is 5.75 Å². The number of carboxylic acids is 1. The molecule has 2 aromatic heterocycles. The normalized spacial score (nSPS) is 13.5. The number of carbonyl (C=O) groups is 10. The fourth-order valence-electron chi connectivity index (χ4n) is 8.92. The lowest BCUT2D eigenvalue weighted by Gasteiger charge is -2.28. The van der Waals surface area contributed by atoms with Crippen LogP contribution in [0.25, 0.3) is 10.9 Å². The molecule has 2 heterocycles. The van der Waals surface area contributed by atoms with Crippen molar-refractivity contribution in [1.29, 1.82) is 0 Å². The minimum atomic E-state index is -1.59. The molecule has 5 aromatic rings. The second kappa shape index (κ2) is 33.2. The fourth-order valence-corrected chi connectivity index (χ4v) is 8.92. The number of H-pyrrole nitrogens is 2. The highest BCUT2D eigenvalue weighted by Crippen LogP contribution is 2.20. The molecule has 7 atom stereocenters. The van der Waals surface area contributed by atoms with Crippen molar-refractivity contribution in [2.45, 2.75) is 120 Å². The number of hydrogen-bond acceptors (Lipinski definition) is 14. The number of para-hydroxylation sites is 1. The van der Waals surface area contributed by atoms with Crippen LogP contribution in [0, 0.1) is 0 Å². The van der Waals surface area contributed by atoms with Gasteiger partial charge in [0.15, 0.2) is 5.96 Å². The molecule has 0 bridgehead atoms. The molecule has 28 nitrogen and oxygen atoms in total. The highest BCUT2D eigenvalue weighted by Gasteiger charge is 2.35. The van der Waals surface area contributed by atoms with Gasteiger partial charge in [-0.25, -0.2) is 4.98 Å². The van der Waals surface area contributed by atoms with Gasteiger partial charge in [0.1, 0.15) is 48.0 Å². The van der Waals surface area contributed by atoms with E-state index in [2.05, 4.69) is 62.5 Å². The predicted molar refractivity (Wildman–Crippen MR) is 307 cm³/mol. The van der Waals surface area contributed by atoms with Crippen LogP contribution < -0.4 is 65.5 Å². The van der Waals surface area contributed by atoms with E-state index in [-0.39, 0.29) is 63.2 Å². The molecule has 0 saturated heterocycles. The number of aromatic hydroxyl groups is 1. The van der Waals surface area contributed by atoms with E-state index in [1.807, 2.05) is 12.1 Å². The maximum absolute atomic E-state index is 14.8.